The average molecular weight is 339 g/mol. The predicted molar refractivity (Wildman–Crippen MR) is 100 cm³/mol. The van der Waals surface area contributed by atoms with E-state index in [1.165, 1.54) is 5.56 Å². The summed E-state index contributed by atoms with van der Waals surface area (Å²) in [6, 6.07) is 12.2. The molecule has 0 unspecified atom stereocenters. The van der Waals surface area contributed by atoms with E-state index in [1.807, 2.05) is 12.1 Å². The molecule has 0 bridgehead atoms. The van der Waals surface area contributed by atoms with Gasteiger partial charge in [0.15, 0.2) is 0 Å². The van der Waals surface area contributed by atoms with Gasteiger partial charge in [-0.2, -0.15) is 0 Å². The maximum atomic E-state index is 12.3. The summed E-state index contributed by atoms with van der Waals surface area (Å²) in [4.78, 5) is 19.0. The van der Waals surface area contributed by atoms with Crippen molar-refractivity contribution in [3.05, 3.63) is 48.2 Å². The molecule has 5 nitrogen and oxygen atoms in total. The number of amides is 1. The molecule has 1 N–H and O–H groups in total. The molecule has 0 spiro atoms. The van der Waals surface area contributed by atoms with Crippen LogP contribution in [-0.4, -0.2) is 30.6 Å². The van der Waals surface area contributed by atoms with Crippen LogP contribution >= 0.6 is 0 Å². The normalized spacial score (nSPS) is 15.0. The number of hydrogen-bond donors (Lipinski definition) is 1. The Morgan fingerprint density at radius 1 is 1.28 bits per heavy atom. The molecule has 1 aromatic heterocycles. The topological polar surface area (TPSA) is 54.5 Å². The van der Waals surface area contributed by atoms with Crippen LogP contribution < -0.4 is 10.2 Å². The van der Waals surface area contributed by atoms with Gasteiger partial charge in [0.25, 0.3) is 0 Å². The number of aryl methyl sites for hydroxylation is 1. The third kappa shape index (κ3) is 4.37. The van der Waals surface area contributed by atoms with E-state index in [0.717, 1.165) is 36.6 Å². The number of nitrogens with zero attached hydrogens (tertiary/aromatic N) is 2. The van der Waals surface area contributed by atoms with Crippen LogP contribution in [0, 0.1) is 12.8 Å². The lowest BCUT2D eigenvalue weighted by Crippen LogP contribution is -2.28. The summed E-state index contributed by atoms with van der Waals surface area (Å²) in [6.45, 7) is 6.34. The van der Waals surface area contributed by atoms with Gasteiger partial charge in [-0.1, -0.05) is 12.1 Å². The summed E-state index contributed by atoms with van der Waals surface area (Å²) in [5.74, 6) is 0.967. The SMILES string of the molecule is CCN(c1cccc(C)c1)c1ccc(NC(=O)C2CCOCC2)cn1. The Kier molecular flexibility index (Phi) is 5.66. The van der Waals surface area contributed by atoms with E-state index >= 15 is 0 Å². The smallest absolute Gasteiger partial charge is 0.227 e. The minimum atomic E-state index is 0.0351. The van der Waals surface area contributed by atoms with E-state index in [0.29, 0.717) is 13.2 Å². The molecule has 2 heterocycles. The molecule has 1 aliphatic heterocycles. The quantitative estimate of drug-likeness (QED) is 0.897. The number of anilines is 3. The molecule has 3 rings (SSSR count). The van der Waals surface area contributed by atoms with Crippen molar-refractivity contribution in [3.8, 4) is 0 Å². The lowest BCUT2D eigenvalue weighted by atomic mass is 9.99. The molecule has 25 heavy (non-hydrogen) atoms. The summed E-state index contributed by atoms with van der Waals surface area (Å²) in [5.41, 5.74) is 3.07. The Morgan fingerprint density at radius 3 is 2.72 bits per heavy atom. The molecule has 0 atom stereocenters. The molecule has 5 heteroatoms. The van der Waals surface area contributed by atoms with E-state index in [9.17, 15) is 4.79 Å². The Hall–Kier alpha value is -2.40. The van der Waals surface area contributed by atoms with Crippen molar-refractivity contribution in [1.82, 2.24) is 4.98 Å². The number of benzene rings is 1. The van der Waals surface area contributed by atoms with Crippen LogP contribution in [0.3, 0.4) is 0 Å². The molecule has 2 aromatic rings. The first-order chi connectivity index (χ1) is 12.2. The summed E-state index contributed by atoms with van der Waals surface area (Å²) in [5, 5.41) is 2.97. The molecule has 0 radical (unpaired) electrons. The zero-order valence-corrected chi connectivity index (χ0v) is 14.9. The molecular formula is C20H25N3O2. The van der Waals surface area contributed by atoms with Gasteiger partial charge in [-0.15, -0.1) is 0 Å². The van der Waals surface area contributed by atoms with Gasteiger partial charge in [0.05, 0.1) is 11.9 Å². The highest BCUT2D eigenvalue weighted by Gasteiger charge is 2.21. The first-order valence-electron chi connectivity index (χ1n) is 8.86. The number of aromatic nitrogens is 1. The molecule has 0 aliphatic carbocycles. The molecule has 1 amide bonds. The number of rotatable bonds is 5. The summed E-state index contributed by atoms with van der Waals surface area (Å²) in [6.07, 6.45) is 3.30. The van der Waals surface area contributed by atoms with Crippen molar-refractivity contribution in [2.45, 2.75) is 26.7 Å². The number of pyridine rings is 1. The van der Waals surface area contributed by atoms with Crippen LogP contribution in [0.25, 0.3) is 0 Å². The van der Waals surface area contributed by atoms with Crippen molar-refractivity contribution in [2.24, 2.45) is 5.92 Å². The second-order valence-electron chi connectivity index (χ2n) is 6.36. The largest absolute Gasteiger partial charge is 0.381 e. The average Bonchev–Trinajstić information content (AvgIpc) is 2.64. The van der Waals surface area contributed by atoms with Gasteiger partial charge in [0.2, 0.25) is 5.91 Å². The Bertz CT molecular complexity index is 709. The van der Waals surface area contributed by atoms with Crippen molar-refractivity contribution >= 4 is 23.1 Å². The monoisotopic (exact) mass is 339 g/mol. The molecule has 1 fully saturated rings. The van der Waals surface area contributed by atoms with Crippen molar-refractivity contribution in [2.75, 3.05) is 30.0 Å². The van der Waals surface area contributed by atoms with E-state index in [4.69, 9.17) is 4.74 Å². The third-order valence-electron chi connectivity index (χ3n) is 4.51. The Labute approximate surface area is 149 Å². The Balaban J connectivity index is 1.69. The lowest BCUT2D eigenvalue weighted by Gasteiger charge is -2.23. The summed E-state index contributed by atoms with van der Waals surface area (Å²) in [7, 11) is 0. The van der Waals surface area contributed by atoms with Gasteiger partial charge in [0.1, 0.15) is 5.82 Å². The fourth-order valence-electron chi connectivity index (χ4n) is 3.10. The van der Waals surface area contributed by atoms with Crippen LogP contribution in [0.1, 0.15) is 25.3 Å². The zero-order valence-electron chi connectivity index (χ0n) is 14.9. The molecule has 1 aliphatic rings. The van der Waals surface area contributed by atoms with Crippen LogP contribution in [0.15, 0.2) is 42.6 Å². The van der Waals surface area contributed by atoms with Gasteiger partial charge in [0, 0.05) is 31.4 Å². The molecular weight excluding hydrogens is 314 g/mol. The first kappa shape index (κ1) is 17.4. The summed E-state index contributed by atoms with van der Waals surface area (Å²) < 4.78 is 5.31. The number of hydrogen-bond acceptors (Lipinski definition) is 4. The number of nitrogens with one attached hydrogen (secondary N) is 1. The van der Waals surface area contributed by atoms with Crippen molar-refractivity contribution < 1.29 is 9.53 Å². The van der Waals surface area contributed by atoms with Crippen LogP contribution in [0.5, 0.6) is 0 Å². The molecule has 132 valence electrons. The van der Waals surface area contributed by atoms with Gasteiger partial charge >= 0.3 is 0 Å². The fraction of sp³-hybridized carbons (Fsp3) is 0.400. The van der Waals surface area contributed by atoms with E-state index < -0.39 is 0 Å². The number of ether oxygens (including phenoxy) is 1. The molecule has 0 saturated carbocycles. The fourth-order valence-corrected chi connectivity index (χ4v) is 3.10. The second kappa shape index (κ2) is 8.12. The van der Waals surface area contributed by atoms with Gasteiger partial charge in [-0.25, -0.2) is 4.98 Å². The maximum Gasteiger partial charge on any atom is 0.227 e. The highest BCUT2D eigenvalue weighted by atomic mass is 16.5. The molecule has 1 aromatic carbocycles. The van der Waals surface area contributed by atoms with Crippen LogP contribution in [0.2, 0.25) is 0 Å². The zero-order chi connectivity index (χ0) is 17.6. The van der Waals surface area contributed by atoms with Crippen LogP contribution in [-0.2, 0) is 9.53 Å². The van der Waals surface area contributed by atoms with Crippen LogP contribution in [0.4, 0.5) is 17.2 Å². The number of carbonyl (C=O) groups is 1. The highest BCUT2D eigenvalue weighted by Crippen LogP contribution is 2.25. The standard InChI is InChI=1S/C20H25N3O2/c1-3-23(18-6-4-5-15(2)13-18)19-8-7-17(14-21-19)22-20(24)16-9-11-25-12-10-16/h4-8,13-14,16H,3,9-12H2,1-2H3,(H,22,24). The summed E-state index contributed by atoms with van der Waals surface area (Å²) >= 11 is 0. The van der Waals surface area contributed by atoms with E-state index in [-0.39, 0.29) is 11.8 Å². The Morgan fingerprint density at radius 2 is 2.08 bits per heavy atom. The first-order valence-corrected chi connectivity index (χ1v) is 8.86. The van der Waals surface area contributed by atoms with Gasteiger partial charge in [-0.3, -0.25) is 4.79 Å². The molecule has 1 saturated heterocycles. The van der Waals surface area contributed by atoms with E-state index in [1.54, 1.807) is 6.20 Å². The second-order valence-corrected chi connectivity index (χ2v) is 6.36. The minimum absolute atomic E-state index is 0.0351. The third-order valence-corrected chi connectivity index (χ3v) is 4.51. The predicted octanol–water partition coefficient (Wildman–Crippen LogP) is 3.91. The maximum absolute atomic E-state index is 12.3. The minimum Gasteiger partial charge on any atom is -0.381 e. The van der Waals surface area contributed by atoms with Crippen molar-refractivity contribution in [1.29, 1.82) is 0 Å². The highest BCUT2D eigenvalue weighted by molar-refractivity contribution is 5.92. The van der Waals surface area contributed by atoms with Gasteiger partial charge < -0.3 is 15.0 Å². The lowest BCUT2D eigenvalue weighted by molar-refractivity contribution is -0.122. The van der Waals surface area contributed by atoms with E-state index in [2.05, 4.69) is 53.3 Å². The van der Waals surface area contributed by atoms with Crippen molar-refractivity contribution in [3.63, 3.8) is 0 Å². The number of carbonyl (C=O) groups excluding carboxylic acids is 1. The van der Waals surface area contributed by atoms with Gasteiger partial charge in [-0.05, 0) is 56.5 Å².